The maximum atomic E-state index is 12.1. The number of piperazine rings is 1. The smallest absolute Gasteiger partial charge is 0.339 e. The predicted octanol–water partition coefficient (Wildman–Crippen LogP) is 0.752. The molecule has 2 heterocycles. The van der Waals surface area contributed by atoms with Crippen LogP contribution in [0.4, 0.5) is 5.82 Å². The predicted molar refractivity (Wildman–Crippen MR) is 96.7 cm³/mol. The number of esters is 1. The van der Waals surface area contributed by atoms with Crippen LogP contribution in [0.1, 0.15) is 23.7 Å². The molecule has 0 atom stereocenters. The Kier molecular flexibility index (Phi) is 7.36. The molecule has 0 aromatic carbocycles. The Labute approximate surface area is 153 Å². The molecule has 1 aliphatic heterocycles. The Morgan fingerprint density at radius 2 is 2.04 bits per heavy atom. The van der Waals surface area contributed by atoms with Gasteiger partial charge in [-0.1, -0.05) is 0 Å². The highest BCUT2D eigenvalue weighted by atomic mass is 16.5. The van der Waals surface area contributed by atoms with Crippen molar-refractivity contribution in [2.75, 3.05) is 57.8 Å². The number of rotatable bonds is 7. The molecule has 1 aromatic rings. The summed E-state index contributed by atoms with van der Waals surface area (Å²) in [7, 11) is 1.73. The van der Waals surface area contributed by atoms with Gasteiger partial charge in [-0.2, -0.15) is 5.26 Å². The van der Waals surface area contributed by atoms with E-state index < -0.39 is 0 Å². The lowest BCUT2D eigenvalue weighted by Crippen LogP contribution is -2.50. The minimum absolute atomic E-state index is 0.0330. The fraction of sp³-hybridized carbons (Fsp3) is 0.556. The summed E-state index contributed by atoms with van der Waals surface area (Å²) in [4.78, 5) is 34.0. The third kappa shape index (κ3) is 5.43. The molecular weight excluding hydrogens is 334 g/mol. The Bertz CT molecular complexity index is 648. The van der Waals surface area contributed by atoms with Gasteiger partial charge in [0.05, 0.1) is 31.2 Å². The van der Waals surface area contributed by atoms with E-state index in [4.69, 9.17) is 10.00 Å². The molecule has 8 heteroatoms. The van der Waals surface area contributed by atoms with Crippen LogP contribution in [0.25, 0.3) is 0 Å². The van der Waals surface area contributed by atoms with Crippen molar-refractivity contribution in [1.29, 1.82) is 5.26 Å². The Morgan fingerprint density at radius 1 is 1.31 bits per heavy atom. The zero-order valence-corrected chi connectivity index (χ0v) is 15.3. The topological polar surface area (TPSA) is 89.8 Å². The molecule has 0 spiro atoms. The summed E-state index contributed by atoms with van der Waals surface area (Å²) in [6.07, 6.45) is 1.89. The molecule has 0 aliphatic carbocycles. The highest BCUT2D eigenvalue weighted by Gasteiger charge is 2.21. The van der Waals surface area contributed by atoms with Crippen LogP contribution >= 0.6 is 0 Å². The lowest BCUT2D eigenvalue weighted by atomic mass is 10.2. The number of pyridine rings is 1. The first-order valence-corrected chi connectivity index (χ1v) is 8.76. The van der Waals surface area contributed by atoms with Gasteiger partial charge in [-0.05, 0) is 19.1 Å². The second kappa shape index (κ2) is 9.73. The number of aromatic nitrogens is 1. The van der Waals surface area contributed by atoms with Gasteiger partial charge < -0.3 is 14.5 Å². The molecule has 0 saturated carbocycles. The summed E-state index contributed by atoms with van der Waals surface area (Å²) in [6.45, 7) is 6.00. The first kappa shape index (κ1) is 19.7. The van der Waals surface area contributed by atoms with E-state index in [-0.39, 0.29) is 11.9 Å². The SMILES string of the molecule is CCOC(=O)c1ccc(N2CCN(CC(=O)N(C)CCC#N)CC2)nc1. The second-order valence-electron chi connectivity index (χ2n) is 6.11. The number of carbonyl (C=O) groups excluding carboxylic acids is 2. The summed E-state index contributed by atoms with van der Waals surface area (Å²) in [6, 6.07) is 5.59. The molecule has 1 saturated heterocycles. The van der Waals surface area contributed by atoms with Crippen molar-refractivity contribution in [2.24, 2.45) is 0 Å². The Morgan fingerprint density at radius 3 is 2.62 bits per heavy atom. The molecule has 1 fully saturated rings. The quantitative estimate of drug-likeness (QED) is 0.664. The van der Waals surface area contributed by atoms with Crippen LogP contribution in [0.15, 0.2) is 18.3 Å². The van der Waals surface area contributed by atoms with Gasteiger partial charge >= 0.3 is 5.97 Å². The van der Waals surface area contributed by atoms with E-state index in [1.807, 2.05) is 12.1 Å². The molecule has 1 aliphatic rings. The lowest BCUT2D eigenvalue weighted by Gasteiger charge is -2.35. The van der Waals surface area contributed by atoms with Gasteiger partial charge in [-0.3, -0.25) is 9.69 Å². The zero-order chi connectivity index (χ0) is 18.9. The van der Waals surface area contributed by atoms with E-state index in [9.17, 15) is 9.59 Å². The van der Waals surface area contributed by atoms with Crippen LogP contribution in [0.5, 0.6) is 0 Å². The van der Waals surface area contributed by atoms with E-state index in [1.54, 1.807) is 24.9 Å². The Balaban J connectivity index is 1.82. The molecule has 26 heavy (non-hydrogen) atoms. The average Bonchev–Trinajstić information content (AvgIpc) is 2.67. The number of ether oxygens (including phenoxy) is 1. The highest BCUT2D eigenvalue weighted by molar-refractivity contribution is 5.89. The third-order valence-electron chi connectivity index (χ3n) is 4.30. The number of nitrogens with zero attached hydrogens (tertiary/aromatic N) is 5. The number of anilines is 1. The molecule has 2 rings (SSSR count). The number of hydrogen-bond donors (Lipinski definition) is 0. The van der Waals surface area contributed by atoms with Crippen molar-refractivity contribution < 1.29 is 14.3 Å². The van der Waals surface area contributed by atoms with E-state index in [0.717, 1.165) is 32.0 Å². The Hall–Kier alpha value is -2.66. The van der Waals surface area contributed by atoms with E-state index in [0.29, 0.717) is 31.7 Å². The average molecular weight is 359 g/mol. The van der Waals surface area contributed by atoms with E-state index in [1.165, 1.54) is 6.20 Å². The number of amides is 1. The van der Waals surface area contributed by atoms with Crippen LogP contribution in [0.2, 0.25) is 0 Å². The van der Waals surface area contributed by atoms with Crippen LogP contribution in [0.3, 0.4) is 0 Å². The van der Waals surface area contributed by atoms with Gasteiger partial charge in [0.1, 0.15) is 5.82 Å². The minimum atomic E-state index is -0.365. The fourth-order valence-electron chi connectivity index (χ4n) is 2.70. The monoisotopic (exact) mass is 359 g/mol. The molecule has 1 amide bonds. The maximum absolute atomic E-state index is 12.1. The van der Waals surface area contributed by atoms with E-state index >= 15 is 0 Å². The van der Waals surface area contributed by atoms with Crippen LogP contribution in [-0.2, 0) is 9.53 Å². The third-order valence-corrected chi connectivity index (χ3v) is 4.30. The van der Waals surface area contributed by atoms with Crippen molar-refractivity contribution in [3.63, 3.8) is 0 Å². The highest BCUT2D eigenvalue weighted by Crippen LogP contribution is 2.14. The summed E-state index contributed by atoms with van der Waals surface area (Å²) < 4.78 is 4.96. The fourth-order valence-corrected chi connectivity index (χ4v) is 2.70. The molecule has 140 valence electrons. The summed E-state index contributed by atoms with van der Waals surface area (Å²) in [5, 5.41) is 8.59. The second-order valence-corrected chi connectivity index (χ2v) is 6.11. The van der Waals surface area contributed by atoms with Gasteiger partial charge in [0.25, 0.3) is 0 Å². The largest absolute Gasteiger partial charge is 0.462 e. The summed E-state index contributed by atoms with van der Waals surface area (Å²) in [5.41, 5.74) is 0.445. The van der Waals surface area contributed by atoms with Gasteiger partial charge in [-0.15, -0.1) is 0 Å². The van der Waals surface area contributed by atoms with Crippen LogP contribution < -0.4 is 4.90 Å². The number of carbonyl (C=O) groups is 2. The molecule has 8 nitrogen and oxygen atoms in total. The van der Waals surface area contributed by atoms with Gasteiger partial charge in [0.2, 0.25) is 5.91 Å². The van der Waals surface area contributed by atoms with Gasteiger partial charge in [0.15, 0.2) is 0 Å². The zero-order valence-electron chi connectivity index (χ0n) is 15.3. The van der Waals surface area contributed by atoms with Crippen LogP contribution in [0, 0.1) is 11.3 Å². The van der Waals surface area contributed by atoms with Gasteiger partial charge in [-0.25, -0.2) is 9.78 Å². The van der Waals surface area contributed by atoms with Crippen LogP contribution in [-0.4, -0.2) is 79.6 Å². The maximum Gasteiger partial charge on any atom is 0.339 e. The number of nitriles is 1. The minimum Gasteiger partial charge on any atom is -0.462 e. The van der Waals surface area contributed by atoms with Crippen molar-refractivity contribution in [2.45, 2.75) is 13.3 Å². The summed E-state index contributed by atoms with van der Waals surface area (Å²) in [5.74, 6) is 0.483. The number of likely N-dealkylation sites (N-methyl/N-ethyl adjacent to an activating group) is 1. The normalized spacial score (nSPS) is 14.6. The molecular formula is C18H25N5O3. The molecule has 0 radical (unpaired) electrons. The van der Waals surface area contributed by atoms with Crippen molar-refractivity contribution >= 4 is 17.7 Å². The lowest BCUT2D eigenvalue weighted by molar-refractivity contribution is -0.131. The number of hydrogen-bond acceptors (Lipinski definition) is 7. The van der Waals surface area contributed by atoms with Crippen molar-refractivity contribution in [3.8, 4) is 6.07 Å². The molecule has 0 bridgehead atoms. The molecule has 0 N–H and O–H groups in total. The van der Waals surface area contributed by atoms with Crippen molar-refractivity contribution in [1.82, 2.24) is 14.8 Å². The first-order chi connectivity index (χ1) is 12.5. The van der Waals surface area contributed by atoms with Crippen molar-refractivity contribution in [3.05, 3.63) is 23.9 Å². The summed E-state index contributed by atoms with van der Waals surface area (Å²) >= 11 is 0. The molecule has 1 aromatic heterocycles. The van der Waals surface area contributed by atoms with Gasteiger partial charge in [0, 0.05) is 46.0 Å². The molecule has 0 unspecified atom stereocenters. The first-order valence-electron chi connectivity index (χ1n) is 8.76. The van der Waals surface area contributed by atoms with E-state index in [2.05, 4.69) is 14.8 Å². The standard InChI is InChI=1S/C18H25N5O3/c1-3-26-18(25)15-5-6-16(20-13-15)23-11-9-22(10-12-23)14-17(24)21(2)8-4-7-19/h5-6,13H,3-4,8-12,14H2,1-2H3.